The molecule has 0 bridgehead atoms. The number of nitrogens with zero attached hydrogens (tertiary/aromatic N) is 2. The Kier molecular flexibility index (Phi) is 4.51. The fourth-order valence-electron chi connectivity index (χ4n) is 0.496. The van der Waals surface area contributed by atoms with E-state index in [0.29, 0.717) is 6.54 Å². The second-order valence-corrected chi connectivity index (χ2v) is 1.98. The first-order valence-electron chi connectivity index (χ1n) is 3.33. The Morgan fingerprint density at radius 1 is 1.55 bits per heavy atom. The van der Waals surface area contributed by atoms with Crippen LogP contribution in [0.2, 0.25) is 0 Å². The van der Waals surface area contributed by atoms with E-state index >= 15 is 0 Å². The number of hydrogen-bond acceptors (Lipinski definition) is 3. The molecule has 0 aromatic rings. The van der Waals surface area contributed by atoms with Crippen molar-refractivity contribution in [3.05, 3.63) is 0 Å². The van der Waals surface area contributed by atoms with E-state index in [9.17, 15) is 4.79 Å². The van der Waals surface area contributed by atoms with Crippen molar-refractivity contribution in [1.82, 2.24) is 5.32 Å². The molecule has 0 atom stereocenters. The lowest BCUT2D eigenvalue weighted by molar-refractivity contribution is -0.122. The van der Waals surface area contributed by atoms with Crippen molar-refractivity contribution in [3.8, 4) is 12.1 Å². The van der Waals surface area contributed by atoms with Gasteiger partial charge < -0.3 is 5.32 Å². The summed E-state index contributed by atoms with van der Waals surface area (Å²) in [4.78, 5) is 10.8. The molecule has 1 amide bonds. The third-order valence-corrected chi connectivity index (χ3v) is 1.07. The average molecular weight is 151 g/mol. The summed E-state index contributed by atoms with van der Waals surface area (Å²) in [7, 11) is 0. The highest BCUT2D eigenvalue weighted by Gasteiger charge is 2.14. The molecule has 0 radical (unpaired) electrons. The molecule has 0 saturated heterocycles. The first-order chi connectivity index (χ1) is 5.26. The van der Waals surface area contributed by atoms with Gasteiger partial charge in [0.1, 0.15) is 0 Å². The molecule has 0 fully saturated rings. The van der Waals surface area contributed by atoms with E-state index in [1.165, 1.54) is 0 Å². The average Bonchev–Trinajstić information content (AvgIpc) is 2.03. The lowest BCUT2D eigenvalue weighted by Crippen LogP contribution is -2.29. The number of nitriles is 2. The van der Waals surface area contributed by atoms with Crippen LogP contribution in [0.25, 0.3) is 0 Å². The molecule has 0 rings (SSSR count). The van der Waals surface area contributed by atoms with Crippen LogP contribution in [-0.4, -0.2) is 12.5 Å². The molecule has 0 saturated carbocycles. The number of amides is 1. The molecule has 0 heterocycles. The fraction of sp³-hybridized carbons (Fsp3) is 0.571. The summed E-state index contributed by atoms with van der Waals surface area (Å²) in [5.74, 6) is -1.67. The van der Waals surface area contributed by atoms with Crippen molar-refractivity contribution in [2.24, 2.45) is 5.92 Å². The van der Waals surface area contributed by atoms with Crippen molar-refractivity contribution in [1.29, 1.82) is 10.5 Å². The van der Waals surface area contributed by atoms with Gasteiger partial charge in [-0.3, -0.25) is 4.79 Å². The highest BCUT2D eigenvalue weighted by Crippen LogP contribution is 1.90. The van der Waals surface area contributed by atoms with Crippen LogP contribution in [0.5, 0.6) is 0 Å². The minimum Gasteiger partial charge on any atom is -0.354 e. The highest BCUT2D eigenvalue weighted by atomic mass is 16.1. The topological polar surface area (TPSA) is 76.7 Å². The molecule has 0 spiro atoms. The summed E-state index contributed by atoms with van der Waals surface area (Å²) in [6.45, 7) is 2.41. The van der Waals surface area contributed by atoms with Crippen molar-refractivity contribution in [2.75, 3.05) is 6.54 Å². The molecule has 0 aromatic carbocycles. The summed E-state index contributed by atoms with van der Waals surface area (Å²) in [5, 5.41) is 19.0. The van der Waals surface area contributed by atoms with E-state index in [0.717, 1.165) is 6.42 Å². The van der Waals surface area contributed by atoms with Crippen LogP contribution in [0.15, 0.2) is 0 Å². The van der Waals surface area contributed by atoms with Crippen LogP contribution in [-0.2, 0) is 4.79 Å². The Morgan fingerprint density at radius 2 is 2.09 bits per heavy atom. The Hall–Kier alpha value is -1.55. The molecule has 0 aliphatic rings. The van der Waals surface area contributed by atoms with Gasteiger partial charge in [-0.25, -0.2) is 0 Å². The van der Waals surface area contributed by atoms with Crippen LogP contribution >= 0.6 is 0 Å². The van der Waals surface area contributed by atoms with Crippen LogP contribution in [0.1, 0.15) is 13.3 Å². The second kappa shape index (κ2) is 5.25. The van der Waals surface area contributed by atoms with Gasteiger partial charge in [0.15, 0.2) is 0 Å². The third-order valence-electron chi connectivity index (χ3n) is 1.07. The zero-order valence-electron chi connectivity index (χ0n) is 6.29. The quantitative estimate of drug-likeness (QED) is 0.624. The zero-order chi connectivity index (χ0) is 8.69. The van der Waals surface area contributed by atoms with Gasteiger partial charge in [0.2, 0.25) is 5.92 Å². The predicted molar refractivity (Wildman–Crippen MR) is 38.0 cm³/mol. The van der Waals surface area contributed by atoms with Crippen molar-refractivity contribution in [3.63, 3.8) is 0 Å². The Bertz CT molecular complexity index is 197. The third kappa shape index (κ3) is 3.22. The first-order valence-corrected chi connectivity index (χ1v) is 3.33. The normalized spacial score (nSPS) is 8.36. The van der Waals surface area contributed by atoms with Gasteiger partial charge >= 0.3 is 0 Å². The zero-order valence-corrected chi connectivity index (χ0v) is 6.29. The maximum absolute atomic E-state index is 10.8. The molecule has 11 heavy (non-hydrogen) atoms. The summed E-state index contributed by atoms with van der Waals surface area (Å²) in [6.07, 6.45) is 0.801. The van der Waals surface area contributed by atoms with Gasteiger partial charge in [0.25, 0.3) is 5.91 Å². The van der Waals surface area contributed by atoms with E-state index in [1.54, 1.807) is 12.1 Å². The van der Waals surface area contributed by atoms with E-state index in [1.807, 2.05) is 6.92 Å². The Labute approximate surface area is 65.4 Å². The smallest absolute Gasteiger partial charge is 0.251 e. The maximum Gasteiger partial charge on any atom is 0.251 e. The van der Waals surface area contributed by atoms with Gasteiger partial charge in [-0.2, -0.15) is 10.5 Å². The molecule has 4 nitrogen and oxygen atoms in total. The molecule has 1 N–H and O–H groups in total. The summed E-state index contributed by atoms with van der Waals surface area (Å²) < 4.78 is 0. The van der Waals surface area contributed by atoms with Crippen molar-refractivity contribution < 1.29 is 4.79 Å². The number of carbonyl (C=O) groups excluding carboxylic acids is 1. The van der Waals surface area contributed by atoms with Crippen LogP contribution < -0.4 is 5.32 Å². The minimum absolute atomic E-state index is 0.503. The highest BCUT2D eigenvalue weighted by molar-refractivity contribution is 5.83. The first kappa shape index (κ1) is 9.45. The minimum atomic E-state index is -1.17. The molecule has 58 valence electrons. The van der Waals surface area contributed by atoms with E-state index in [-0.39, 0.29) is 0 Å². The summed E-state index contributed by atoms with van der Waals surface area (Å²) in [5.41, 5.74) is 0. The van der Waals surface area contributed by atoms with Crippen LogP contribution in [0, 0.1) is 28.6 Å². The molecular weight excluding hydrogens is 142 g/mol. The van der Waals surface area contributed by atoms with E-state index in [4.69, 9.17) is 10.5 Å². The fourth-order valence-corrected chi connectivity index (χ4v) is 0.496. The molecule has 0 aliphatic carbocycles. The van der Waals surface area contributed by atoms with Gasteiger partial charge in [-0.15, -0.1) is 0 Å². The summed E-state index contributed by atoms with van der Waals surface area (Å²) >= 11 is 0. The molecular formula is C7H9N3O. The van der Waals surface area contributed by atoms with Gasteiger partial charge in [-0.05, 0) is 6.42 Å². The molecule has 0 unspecified atom stereocenters. The Morgan fingerprint density at radius 3 is 2.45 bits per heavy atom. The van der Waals surface area contributed by atoms with Crippen molar-refractivity contribution >= 4 is 5.91 Å². The summed E-state index contributed by atoms with van der Waals surface area (Å²) in [6, 6.07) is 3.17. The largest absolute Gasteiger partial charge is 0.354 e. The standard InChI is InChI=1S/C7H9N3O/c1-2-3-10-7(11)6(4-8)5-9/h6H,2-3H2,1H3,(H,10,11). The second-order valence-electron chi connectivity index (χ2n) is 1.98. The monoisotopic (exact) mass is 151 g/mol. The lowest BCUT2D eigenvalue weighted by atomic mass is 10.2. The lowest BCUT2D eigenvalue weighted by Gasteiger charge is -2.00. The van der Waals surface area contributed by atoms with E-state index in [2.05, 4.69) is 5.32 Å². The number of hydrogen-bond donors (Lipinski definition) is 1. The van der Waals surface area contributed by atoms with Crippen LogP contribution in [0.3, 0.4) is 0 Å². The van der Waals surface area contributed by atoms with Crippen LogP contribution in [0.4, 0.5) is 0 Å². The predicted octanol–water partition coefficient (Wildman–Crippen LogP) is 0.176. The molecule has 0 aliphatic heterocycles. The van der Waals surface area contributed by atoms with Gasteiger partial charge in [0.05, 0.1) is 12.1 Å². The molecule has 0 aromatic heterocycles. The van der Waals surface area contributed by atoms with Gasteiger partial charge in [0, 0.05) is 6.54 Å². The van der Waals surface area contributed by atoms with Crippen molar-refractivity contribution in [2.45, 2.75) is 13.3 Å². The van der Waals surface area contributed by atoms with E-state index < -0.39 is 11.8 Å². The SMILES string of the molecule is CCCNC(=O)C(C#N)C#N. The number of carbonyl (C=O) groups is 1. The number of rotatable bonds is 3. The Balaban J connectivity index is 3.85. The number of nitrogens with one attached hydrogen (secondary N) is 1. The van der Waals surface area contributed by atoms with Gasteiger partial charge in [-0.1, -0.05) is 6.92 Å². The maximum atomic E-state index is 10.8. The molecule has 4 heteroatoms.